The van der Waals surface area contributed by atoms with Gasteiger partial charge in [-0.05, 0) is 82.6 Å². The second kappa shape index (κ2) is 10.3. The number of rotatable bonds is 3. The van der Waals surface area contributed by atoms with E-state index in [4.69, 9.17) is 4.98 Å². The molecule has 48 heavy (non-hydrogen) atoms. The van der Waals surface area contributed by atoms with Gasteiger partial charge in [-0.1, -0.05) is 84.9 Å². The number of para-hydroxylation sites is 1. The lowest BCUT2D eigenvalue weighted by atomic mass is 9.99. The van der Waals surface area contributed by atoms with Crippen LogP contribution in [0.2, 0.25) is 0 Å². The van der Waals surface area contributed by atoms with Crippen molar-refractivity contribution < 1.29 is 0 Å². The van der Waals surface area contributed by atoms with Gasteiger partial charge in [-0.3, -0.25) is 0 Å². The second-order valence-electron chi connectivity index (χ2n) is 12.1. The van der Waals surface area contributed by atoms with Gasteiger partial charge in [-0.2, -0.15) is 5.26 Å². The van der Waals surface area contributed by atoms with Gasteiger partial charge in [0.1, 0.15) is 6.07 Å². The highest BCUT2D eigenvalue weighted by Crippen LogP contribution is 2.43. The summed E-state index contributed by atoms with van der Waals surface area (Å²) in [6.45, 7) is 0. The third-order valence-electron chi connectivity index (χ3n) is 9.46. The lowest BCUT2D eigenvalue weighted by Crippen LogP contribution is -1.97. The van der Waals surface area contributed by atoms with E-state index in [0.717, 1.165) is 33.2 Å². The molecule has 5 heteroatoms. The Bertz CT molecular complexity index is 2960. The summed E-state index contributed by atoms with van der Waals surface area (Å²) in [6.07, 6.45) is 0. The normalized spacial score (nSPS) is 11.7. The predicted octanol–water partition coefficient (Wildman–Crippen LogP) is 11.5. The topological polar surface area (TPSA) is 54.5 Å². The maximum absolute atomic E-state index is 9.79. The van der Waals surface area contributed by atoms with Crippen LogP contribution in [-0.2, 0) is 0 Å². The standard InChI is InChI=1S/C43H24N4S/c44-25-37-34-11-3-5-14-36(34)45-43(46-37)27-16-20-29(21-17-27)47-38-22-19-28(24-35(38)41-30-9-2-1-8-26(30)18-23-39(41)47)31-12-7-13-33-32-10-4-6-15-40(32)48-42(31)33/h1-24H. The van der Waals surface area contributed by atoms with Gasteiger partial charge in [0, 0.05) is 47.6 Å². The zero-order valence-corrected chi connectivity index (χ0v) is 26.4. The summed E-state index contributed by atoms with van der Waals surface area (Å²) in [6, 6.07) is 53.6. The molecule has 4 nitrogen and oxygen atoms in total. The van der Waals surface area contributed by atoms with E-state index >= 15 is 0 Å². The summed E-state index contributed by atoms with van der Waals surface area (Å²) >= 11 is 1.87. The van der Waals surface area contributed by atoms with Crippen LogP contribution < -0.4 is 0 Å². The van der Waals surface area contributed by atoms with E-state index in [2.05, 4.69) is 137 Å². The largest absolute Gasteiger partial charge is 0.309 e. The first-order valence-corrected chi connectivity index (χ1v) is 16.7. The molecule has 0 aliphatic heterocycles. The van der Waals surface area contributed by atoms with Crippen LogP contribution in [0.5, 0.6) is 0 Å². The van der Waals surface area contributed by atoms with Crippen molar-refractivity contribution in [3.8, 4) is 34.3 Å². The zero-order chi connectivity index (χ0) is 31.8. The van der Waals surface area contributed by atoms with Gasteiger partial charge in [-0.15, -0.1) is 11.3 Å². The van der Waals surface area contributed by atoms with Crippen molar-refractivity contribution in [1.82, 2.24) is 14.5 Å². The molecule has 0 aliphatic carbocycles. The third-order valence-corrected chi connectivity index (χ3v) is 10.7. The minimum Gasteiger partial charge on any atom is -0.309 e. The van der Waals surface area contributed by atoms with Gasteiger partial charge in [-0.25, -0.2) is 9.97 Å². The number of nitrogens with zero attached hydrogens (tertiary/aromatic N) is 4. The molecule has 0 atom stereocenters. The average molecular weight is 629 g/mol. The summed E-state index contributed by atoms with van der Waals surface area (Å²) in [5.74, 6) is 0.546. The molecule has 0 amide bonds. The van der Waals surface area contributed by atoms with E-state index in [0.29, 0.717) is 11.5 Å². The number of benzene rings is 7. The summed E-state index contributed by atoms with van der Waals surface area (Å²) in [5.41, 5.74) is 7.84. The Kier molecular flexibility index (Phi) is 5.77. The van der Waals surface area contributed by atoms with Crippen LogP contribution in [0, 0.1) is 11.3 Å². The second-order valence-corrected chi connectivity index (χ2v) is 13.2. The van der Waals surface area contributed by atoms with Crippen LogP contribution in [0.1, 0.15) is 5.69 Å². The Balaban J connectivity index is 1.18. The smallest absolute Gasteiger partial charge is 0.161 e. The lowest BCUT2D eigenvalue weighted by Gasteiger charge is -2.10. The first-order chi connectivity index (χ1) is 23.7. The van der Waals surface area contributed by atoms with E-state index in [1.165, 1.54) is 52.8 Å². The molecule has 3 aromatic heterocycles. The highest BCUT2D eigenvalue weighted by atomic mass is 32.1. The highest BCUT2D eigenvalue weighted by Gasteiger charge is 2.18. The lowest BCUT2D eigenvalue weighted by molar-refractivity contribution is 1.17. The Morgan fingerprint density at radius 3 is 2.17 bits per heavy atom. The zero-order valence-electron chi connectivity index (χ0n) is 25.6. The molecule has 10 rings (SSSR count). The monoisotopic (exact) mass is 628 g/mol. The summed E-state index contributed by atoms with van der Waals surface area (Å²) < 4.78 is 4.98. The molecule has 0 saturated carbocycles. The molecule has 0 fully saturated rings. The van der Waals surface area contributed by atoms with Crippen LogP contribution in [0.3, 0.4) is 0 Å². The van der Waals surface area contributed by atoms with Crippen LogP contribution >= 0.6 is 11.3 Å². The van der Waals surface area contributed by atoms with Crippen molar-refractivity contribution in [3.63, 3.8) is 0 Å². The fourth-order valence-electron chi connectivity index (χ4n) is 7.26. The molecule has 10 aromatic rings. The number of aromatic nitrogens is 3. The molecule has 0 aliphatic rings. The van der Waals surface area contributed by atoms with Gasteiger partial charge in [0.25, 0.3) is 0 Å². The summed E-state index contributed by atoms with van der Waals surface area (Å²) in [7, 11) is 0. The first kappa shape index (κ1) is 26.8. The number of nitriles is 1. The molecule has 222 valence electrons. The van der Waals surface area contributed by atoms with Gasteiger partial charge in [0.15, 0.2) is 11.5 Å². The Labute approximate surface area is 279 Å². The fraction of sp³-hybridized carbons (Fsp3) is 0. The van der Waals surface area contributed by atoms with Crippen molar-refractivity contribution in [1.29, 1.82) is 5.26 Å². The van der Waals surface area contributed by atoms with Crippen LogP contribution in [0.4, 0.5) is 0 Å². The molecular weight excluding hydrogens is 605 g/mol. The first-order valence-electron chi connectivity index (χ1n) is 15.9. The molecule has 0 bridgehead atoms. The number of thiophene rings is 1. The molecule has 0 saturated heterocycles. The Morgan fingerprint density at radius 1 is 0.562 bits per heavy atom. The van der Waals surface area contributed by atoms with Gasteiger partial charge in [0.05, 0.1) is 16.6 Å². The van der Waals surface area contributed by atoms with Crippen LogP contribution in [0.15, 0.2) is 146 Å². The van der Waals surface area contributed by atoms with Crippen molar-refractivity contribution in [2.75, 3.05) is 0 Å². The average Bonchev–Trinajstić information content (AvgIpc) is 3.70. The molecule has 7 aromatic carbocycles. The van der Waals surface area contributed by atoms with E-state index in [1.807, 2.05) is 35.6 Å². The highest BCUT2D eigenvalue weighted by molar-refractivity contribution is 7.26. The van der Waals surface area contributed by atoms with Crippen molar-refractivity contribution in [2.24, 2.45) is 0 Å². The van der Waals surface area contributed by atoms with E-state index in [9.17, 15) is 5.26 Å². The van der Waals surface area contributed by atoms with Crippen molar-refractivity contribution in [3.05, 3.63) is 151 Å². The molecule has 0 unspecified atom stereocenters. The minimum absolute atomic E-state index is 0.385. The third kappa shape index (κ3) is 3.94. The Morgan fingerprint density at radius 2 is 1.29 bits per heavy atom. The minimum atomic E-state index is 0.385. The Hall–Kier alpha value is -6.35. The van der Waals surface area contributed by atoms with Gasteiger partial charge < -0.3 is 4.57 Å². The van der Waals surface area contributed by atoms with E-state index in [-0.39, 0.29) is 0 Å². The van der Waals surface area contributed by atoms with Gasteiger partial charge >= 0.3 is 0 Å². The van der Waals surface area contributed by atoms with Crippen molar-refractivity contribution >= 4 is 75.0 Å². The number of hydrogen-bond donors (Lipinski definition) is 0. The molecule has 0 spiro atoms. The molecular formula is C43H24N4S. The maximum Gasteiger partial charge on any atom is 0.161 e. The molecule has 0 N–H and O–H groups in total. The quantitative estimate of drug-likeness (QED) is 0.196. The SMILES string of the molecule is N#Cc1nc(-c2ccc(-n3c4ccc(-c5cccc6c5sc5ccccc56)cc4c4c5ccccc5ccc43)cc2)nc2ccccc12. The molecule has 3 heterocycles. The van der Waals surface area contributed by atoms with Gasteiger partial charge in [0.2, 0.25) is 0 Å². The maximum atomic E-state index is 9.79. The van der Waals surface area contributed by atoms with Crippen LogP contribution in [0.25, 0.3) is 91.9 Å². The van der Waals surface area contributed by atoms with Crippen molar-refractivity contribution in [2.45, 2.75) is 0 Å². The van der Waals surface area contributed by atoms with Crippen LogP contribution in [-0.4, -0.2) is 14.5 Å². The number of fused-ring (bicyclic) bond motifs is 9. The summed E-state index contributed by atoms with van der Waals surface area (Å²) in [5, 5.41) is 18.1. The number of hydrogen-bond acceptors (Lipinski definition) is 4. The van der Waals surface area contributed by atoms with E-state index < -0.39 is 0 Å². The van der Waals surface area contributed by atoms with E-state index in [1.54, 1.807) is 0 Å². The molecule has 0 radical (unpaired) electrons. The fourth-order valence-corrected chi connectivity index (χ4v) is 8.50. The summed E-state index contributed by atoms with van der Waals surface area (Å²) in [4.78, 5) is 9.40. The predicted molar refractivity (Wildman–Crippen MR) is 200 cm³/mol.